The predicted molar refractivity (Wildman–Crippen MR) is 131 cm³/mol. The number of nitrogens with two attached hydrogens (primary N) is 1. The van der Waals surface area contributed by atoms with E-state index in [1.807, 2.05) is 17.4 Å². The number of halogens is 1. The summed E-state index contributed by atoms with van der Waals surface area (Å²) in [5.74, 6) is 0.766. The normalized spacial score (nSPS) is 12.3. The highest BCUT2D eigenvalue weighted by Gasteiger charge is 2.14. The van der Waals surface area contributed by atoms with Crippen molar-refractivity contribution in [2.75, 3.05) is 24.4 Å². The Labute approximate surface area is 201 Å². The Hall–Kier alpha value is -2.34. The Bertz CT molecular complexity index is 1090. The zero-order valence-corrected chi connectivity index (χ0v) is 20.3. The number of hydrogen-bond donors (Lipinski definition) is 4. The third kappa shape index (κ3) is 7.66. The number of ether oxygens (including phenoxy) is 1. The maximum Gasteiger partial charge on any atom is 0.261 e. The first-order valence-corrected chi connectivity index (χ1v) is 12.7. The van der Waals surface area contributed by atoms with Crippen molar-refractivity contribution < 1.29 is 28.7 Å². The number of aliphatic hydroxyl groups is 1. The Balaban J connectivity index is 1.39. The van der Waals surface area contributed by atoms with Gasteiger partial charge in [-0.1, -0.05) is 12.1 Å². The summed E-state index contributed by atoms with van der Waals surface area (Å²) in [5.41, 5.74) is 1.59. The number of hydrogen-bond acceptors (Lipinski definition) is 5. The van der Waals surface area contributed by atoms with Gasteiger partial charge in [0.05, 0.1) is 11.4 Å². The molecule has 7 nitrogen and oxygen atoms in total. The lowest BCUT2D eigenvalue weighted by Crippen LogP contribution is -2.87. The van der Waals surface area contributed by atoms with Gasteiger partial charge >= 0.3 is 0 Å². The second-order valence-electron chi connectivity index (χ2n) is 7.28. The molecule has 9 heteroatoms. The number of phenols is 1. The minimum Gasteiger partial charge on any atom is -0.508 e. The molecule has 1 unspecified atom stereocenters. The summed E-state index contributed by atoms with van der Waals surface area (Å²) in [6.07, 6.45) is 0.178. The van der Waals surface area contributed by atoms with Crippen LogP contribution < -0.4 is 14.8 Å². The van der Waals surface area contributed by atoms with Crippen LogP contribution in [0.25, 0.3) is 0 Å². The van der Waals surface area contributed by atoms with Gasteiger partial charge in [-0.3, -0.25) is 4.72 Å². The highest BCUT2D eigenvalue weighted by atomic mass is 127. The van der Waals surface area contributed by atoms with Gasteiger partial charge in [-0.05, 0) is 88.8 Å². The largest absolute Gasteiger partial charge is 0.508 e. The molecule has 0 aliphatic carbocycles. The number of anilines is 1. The van der Waals surface area contributed by atoms with Crippen LogP contribution in [0.5, 0.6) is 11.5 Å². The molecule has 0 aromatic heterocycles. The molecule has 0 amide bonds. The van der Waals surface area contributed by atoms with Gasteiger partial charge in [0, 0.05) is 15.7 Å². The van der Waals surface area contributed by atoms with E-state index in [9.17, 15) is 18.6 Å². The molecular formula is C23H26IN2O5S+. The molecule has 0 heterocycles. The van der Waals surface area contributed by atoms with Gasteiger partial charge in [0.2, 0.25) is 0 Å². The van der Waals surface area contributed by atoms with E-state index in [1.54, 1.807) is 48.5 Å². The van der Waals surface area contributed by atoms with E-state index in [0.29, 0.717) is 18.0 Å². The van der Waals surface area contributed by atoms with Gasteiger partial charge in [-0.2, -0.15) is 0 Å². The van der Waals surface area contributed by atoms with E-state index >= 15 is 0 Å². The lowest BCUT2D eigenvalue weighted by Gasteiger charge is -2.12. The Morgan fingerprint density at radius 2 is 1.62 bits per heavy atom. The number of aromatic hydroxyl groups is 1. The summed E-state index contributed by atoms with van der Waals surface area (Å²) in [5, 5.41) is 21.3. The van der Waals surface area contributed by atoms with Gasteiger partial charge < -0.3 is 20.3 Å². The van der Waals surface area contributed by atoms with Crippen molar-refractivity contribution in [1.29, 1.82) is 0 Å². The van der Waals surface area contributed by atoms with Crippen LogP contribution in [-0.2, 0) is 16.4 Å². The molecule has 32 heavy (non-hydrogen) atoms. The number of quaternary nitrogens is 1. The van der Waals surface area contributed by atoms with E-state index in [1.165, 1.54) is 12.1 Å². The molecule has 0 saturated heterocycles. The maximum atomic E-state index is 12.5. The fourth-order valence-corrected chi connectivity index (χ4v) is 4.37. The minimum absolute atomic E-state index is 0.169. The van der Waals surface area contributed by atoms with E-state index in [2.05, 4.69) is 27.3 Å². The topological polar surface area (TPSA) is 112 Å². The second kappa shape index (κ2) is 11.5. The fourth-order valence-electron chi connectivity index (χ4n) is 2.95. The summed E-state index contributed by atoms with van der Waals surface area (Å²) in [7, 11) is -3.61. The molecule has 0 spiro atoms. The molecule has 0 aliphatic heterocycles. The molecule has 1 atom stereocenters. The molecule has 3 rings (SSSR count). The molecule has 0 aliphatic rings. The predicted octanol–water partition coefficient (Wildman–Crippen LogP) is 2.34. The number of phenolic OH excluding ortho intramolecular Hbond substituents is 1. The zero-order chi connectivity index (χ0) is 23.0. The molecule has 3 aromatic rings. The minimum atomic E-state index is -3.61. The Kier molecular flexibility index (Phi) is 8.74. The second-order valence-corrected chi connectivity index (χ2v) is 10.2. The first kappa shape index (κ1) is 24.3. The summed E-state index contributed by atoms with van der Waals surface area (Å²) in [4.78, 5) is 0.226. The van der Waals surface area contributed by atoms with Gasteiger partial charge in [0.25, 0.3) is 10.0 Å². The zero-order valence-electron chi connectivity index (χ0n) is 17.3. The molecule has 5 N–H and O–H groups in total. The number of aliphatic hydroxyl groups excluding tert-OH is 1. The van der Waals surface area contributed by atoms with Crippen molar-refractivity contribution in [2.24, 2.45) is 0 Å². The van der Waals surface area contributed by atoms with Crippen molar-refractivity contribution >= 4 is 38.3 Å². The molecule has 0 fully saturated rings. The summed E-state index contributed by atoms with van der Waals surface area (Å²) < 4.78 is 34.0. The monoisotopic (exact) mass is 569 g/mol. The number of sulfonamides is 1. The highest BCUT2D eigenvalue weighted by molar-refractivity contribution is 14.1. The van der Waals surface area contributed by atoms with Gasteiger partial charge in [0.15, 0.2) is 0 Å². The first-order valence-electron chi connectivity index (χ1n) is 10.1. The average molecular weight is 569 g/mol. The first-order chi connectivity index (χ1) is 15.3. The van der Waals surface area contributed by atoms with Crippen LogP contribution in [0, 0.1) is 3.57 Å². The Morgan fingerprint density at radius 1 is 0.969 bits per heavy atom. The Morgan fingerprint density at radius 3 is 2.28 bits per heavy atom. The van der Waals surface area contributed by atoms with Crippen molar-refractivity contribution in [3.8, 4) is 11.5 Å². The quantitative estimate of drug-likeness (QED) is 0.209. The van der Waals surface area contributed by atoms with Crippen LogP contribution in [0.4, 0.5) is 5.69 Å². The molecule has 0 bridgehead atoms. The maximum absolute atomic E-state index is 12.5. The van der Waals surface area contributed by atoms with Crippen molar-refractivity contribution in [3.63, 3.8) is 0 Å². The van der Waals surface area contributed by atoms with Gasteiger partial charge in [-0.25, -0.2) is 8.42 Å². The average Bonchev–Trinajstić information content (AvgIpc) is 2.77. The van der Waals surface area contributed by atoms with E-state index in [4.69, 9.17) is 4.74 Å². The number of nitrogens with one attached hydrogen (secondary N) is 1. The van der Waals surface area contributed by atoms with Crippen molar-refractivity contribution in [1.82, 2.24) is 0 Å². The highest BCUT2D eigenvalue weighted by Crippen LogP contribution is 2.18. The van der Waals surface area contributed by atoms with Gasteiger partial charge in [0.1, 0.15) is 30.8 Å². The smallest absolute Gasteiger partial charge is 0.261 e. The van der Waals surface area contributed by atoms with Crippen LogP contribution in [0.2, 0.25) is 0 Å². The van der Waals surface area contributed by atoms with E-state index < -0.39 is 16.1 Å². The molecule has 0 saturated carbocycles. The summed E-state index contributed by atoms with van der Waals surface area (Å²) >= 11 is 2.13. The summed E-state index contributed by atoms with van der Waals surface area (Å²) in [6.45, 7) is 1.46. The van der Waals surface area contributed by atoms with Crippen molar-refractivity contribution in [3.05, 3.63) is 81.9 Å². The lowest BCUT2D eigenvalue weighted by molar-refractivity contribution is -0.660. The van der Waals surface area contributed by atoms with Crippen LogP contribution in [-0.4, -0.2) is 44.4 Å². The number of rotatable bonds is 11. The van der Waals surface area contributed by atoms with E-state index in [0.717, 1.165) is 22.1 Å². The SMILES string of the molecule is O=S(=O)(Nc1ccc(CC[NH2+]CC(O)COc2ccc(O)cc2)cc1)c1ccc(I)cc1. The fraction of sp³-hybridized carbons (Fsp3) is 0.217. The summed E-state index contributed by atoms with van der Waals surface area (Å²) in [6, 6.07) is 20.3. The van der Waals surface area contributed by atoms with E-state index in [-0.39, 0.29) is 17.3 Å². The molecular weight excluding hydrogens is 543 g/mol. The molecule has 170 valence electrons. The standard InChI is InChI=1S/C23H25IN2O5S/c24-18-3-11-23(12-4-18)32(29,30)26-19-5-1-17(2-6-19)13-14-25-15-21(28)16-31-22-9-7-20(27)8-10-22/h1-12,21,25-28H,13-16H2/p+1. The van der Waals surface area contributed by atoms with Crippen LogP contribution >= 0.6 is 22.6 Å². The van der Waals surface area contributed by atoms with Crippen LogP contribution in [0.3, 0.4) is 0 Å². The molecule has 0 radical (unpaired) electrons. The lowest BCUT2D eigenvalue weighted by atomic mass is 10.1. The van der Waals surface area contributed by atoms with Crippen molar-refractivity contribution in [2.45, 2.75) is 17.4 Å². The van der Waals surface area contributed by atoms with Crippen LogP contribution in [0.15, 0.2) is 77.7 Å². The van der Waals surface area contributed by atoms with Gasteiger partial charge in [-0.15, -0.1) is 0 Å². The molecule has 3 aromatic carbocycles. The van der Waals surface area contributed by atoms with Crippen LogP contribution in [0.1, 0.15) is 5.56 Å². The third-order valence-electron chi connectivity index (χ3n) is 4.69. The number of benzene rings is 3. The third-order valence-corrected chi connectivity index (χ3v) is 6.80.